The van der Waals surface area contributed by atoms with Crippen LogP contribution in [-0.4, -0.2) is 25.0 Å². The lowest BCUT2D eigenvalue weighted by Crippen LogP contribution is -2.45. The zero-order chi connectivity index (χ0) is 13.2. The number of benzene rings is 1. The molecule has 0 saturated carbocycles. The van der Waals surface area contributed by atoms with E-state index in [-0.39, 0.29) is 11.3 Å². The molecule has 1 N–H and O–H groups in total. The van der Waals surface area contributed by atoms with E-state index in [2.05, 4.69) is 21.2 Å². The molecule has 18 heavy (non-hydrogen) atoms. The molecule has 0 aliphatic carbocycles. The molecule has 98 valence electrons. The Labute approximate surface area is 116 Å². The number of carbonyl (C=O) groups is 1. The Kier molecular flexibility index (Phi) is 4.07. The van der Waals surface area contributed by atoms with Gasteiger partial charge in [0.05, 0.1) is 12.6 Å². The Morgan fingerprint density at radius 3 is 2.94 bits per heavy atom. The van der Waals surface area contributed by atoms with Crippen LogP contribution in [0.4, 0.5) is 0 Å². The van der Waals surface area contributed by atoms with Gasteiger partial charge in [-0.15, -0.1) is 0 Å². The van der Waals surface area contributed by atoms with Gasteiger partial charge in [0.25, 0.3) is 0 Å². The van der Waals surface area contributed by atoms with Crippen molar-refractivity contribution in [2.75, 3.05) is 13.7 Å². The average Bonchev–Trinajstić information content (AvgIpc) is 2.78. The highest BCUT2D eigenvalue weighted by Crippen LogP contribution is 2.27. The van der Waals surface area contributed by atoms with Crippen molar-refractivity contribution in [1.29, 1.82) is 0 Å². The molecule has 1 aliphatic rings. The van der Waals surface area contributed by atoms with Gasteiger partial charge >= 0.3 is 0 Å². The first-order chi connectivity index (χ1) is 8.55. The van der Waals surface area contributed by atoms with E-state index in [1.165, 1.54) is 0 Å². The first-order valence-corrected chi connectivity index (χ1v) is 6.95. The molecule has 0 aromatic heterocycles. The Morgan fingerprint density at radius 2 is 2.33 bits per heavy atom. The summed E-state index contributed by atoms with van der Waals surface area (Å²) in [6, 6.07) is 5.76. The maximum atomic E-state index is 12.4. The molecular weight excluding hydrogens is 294 g/mol. The van der Waals surface area contributed by atoms with Crippen molar-refractivity contribution in [3.05, 3.63) is 28.2 Å². The van der Waals surface area contributed by atoms with Crippen LogP contribution in [0.5, 0.6) is 5.75 Å². The third-order valence-electron chi connectivity index (χ3n) is 3.58. The number of methoxy groups -OCH3 is 1. The molecule has 3 nitrogen and oxygen atoms in total. The number of Topliss-reactive ketones (excluding diaryl/α,β-unsaturated/α-hetero) is 1. The number of ether oxygens (including phenoxy) is 1. The van der Waals surface area contributed by atoms with Crippen molar-refractivity contribution in [2.45, 2.75) is 31.7 Å². The van der Waals surface area contributed by atoms with Gasteiger partial charge in [-0.3, -0.25) is 4.79 Å². The van der Waals surface area contributed by atoms with E-state index in [9.17, 15) is 4.79 Å². The van der Waals surface area contributed by atoms with Gasteiger partial charge < -0.3 is 10.1 Å². The van der Waals surface area contributed by atoms with E-state index in [1.807, 2.05) is 25.1 Å². The van der Waals surface area contributed by atoms with Gasteiger partial charge in [-0.1, -0.05) is 15.9 Å². The molecular formula is C14H18BrNO2. The molecule has 1 heterocycles. The predicted molar refractivity (Wildman–Crippen MR) is 75.0 cm³/mol. The van der Waals surface area contributed by atoms with Crippen LogP contribution in [0, 0.1) is 0 Å². The molecule has 0 spiro atoms. The summed E-state index contributed by atoms with van der Waals surface area (Å²) in [6.07, 6.45) is 2.39. The van der Waals surface area contributed by atoms with Crippen LogP contribution in [0.3, 0.4) is 0 Å². The van der Waals surface area contributed by atoms with Gasteiger partial charge in [0, 0.05) is 16.5 Å². The van der Waals surface area contributed by atoms with Crippen LogP contribution >= 0.6 is 15.9 Å². The van der Waals surface area contributed by atoms with Crippen LogP contribution in [0.25, 0.3) is 0 Å². The van der Waals surface area contributed by atoms with Crippen molar-refractivity contribution in [2.24, 2.45) is 0 Å². The standard InChI is InChI=1S/C14H18BrNO2/c1-14(6-3-7-16-14)13(17)9-10-8-11(15)4-5-12(10)18-2/h4-5,8,16H,3,6-7,9H2,1-2H3. The summed E-state index contributed by atoms with van der Waals surface area (Å²) in [4.78, 5) is 12.4. The lowest BCUT2D eigenvalue weighted by atomic mass is 9.90. The van der Waals surface area contributed by atoms with Crippen LogP contribution < -0.4 is 10.1 Å². The van der Waals surface area contributed by atoms with Crippen LogP contribution in [0.1, 0.15) is 25.3 Å². The minimum Gasteiger partial charge on any atom is -0.496 e. The van der Waals surface area contributed by atoms with Gasteiger partial charge in [0.1, 0.15) is 5.75 Å². The maximum Gasteiger partial charge on any atom is 0.157 e. The molecule has 1 unspecified atom stereocenters. The van der Waals surface area contributed by atoms with Gasteiger partial charge in [-0.2, -0.15) is 0 Å². The van der Waals surface area contributed by atoms with Crippen LogP contribution in [0.2, 0.25) is 0 Å². The molecule has 0 amide bonds. The summed E-state index contributed by atoms with van der Waals surface area (Å²) in [7, 11) is 1.63. The van der Waals surface area contributed by atoms with E-state index in [0.717, 1.165) is 35.2 Å². The molecule has 4 heteroatoms. The molecule has 2 rings (SSSR count). The Hall–Kier alpha value is -0.870. The van der Waals surface area contributed by atoms with Crippen LogP contribution in [-0.2, 0) is 11.2 Å². The molecule has 1 aromatic rings. The van der Waals surface area contributed by atoms with Crippen molar-refractivity contribution in [1.82, 2.24) is 5.32 Å². The van der Waals surface area contributed by atoms with Gasteiger partial charge in [0.2, 0.25) is 0 Å². The van der Waals surface area contributed by atoms with E-state index < -0.39 is 0 Å². The fourth-order valence-corrected chi connectivity index (χ4v) is 2.79. The summed E-state index contributed by atoms with van der Waals surface area (Å²) in [6.45, 7) is 2.92. The Bertz CT molecular complexity index is 453. The first kappa shape index (κ1) is 13.6. The lowest BCUT2D eigenvalue weighted by molar-refractivity contribution is -0.123. The Balaban J connectivity index is 2.18. The van der Waals surface area contributed by atoms with E-state index >= 15 is 0 Å². The molecule has 1 aromatic carbocycles. The largest absolute Gasteiger partial charge is 0.496 e. The summed E-state index contributed by atoms with van der Waals surface area (Å²) < 4.78 is 6.27. The van der Waals surface area contributed by atoms with Crippen molar-refractivity contribution >= 4 is 21.7 Å². The van der Waals surface area contributed by atoms with E-state index in [1.54, 1.807) is 7.11 Å². The minimum absolute atomic E-state index is 0.233. The highest BCUT2D eigenvalue weighted by Gasteiger charge is 2.35. The smallest absolute Gasteiger partial charge is 0.157 e. The highest BCUT2D eigenvalue weighted by atomic mass is 79.9. The SMILES string of the molecule is COc1ccc(Br)cc1CC(=O)C1(C)CCCN1. The number of halogens is 1. The van der Waals surface area contributed by atoms with E-state index in [4.69, 9.17) is 4.74 Å². The predicted octanol–water partition coefficient (Wildman–Crippen LogP) is 2.71. The zero-order valence-corrected chi connectivity index (χ0v) is 12.3. The molecule has 1 fully saturated rings. The second-order valence-electron chi connectivity index (χ2n) is 4.92. The monoisotopic (exact) mass is 311 g/mol. The fraction of sp³-hybridized carbons (Fsp3) is 0.500. The molecule has 0 radical (unpaired) electrons. The number of carbonyl (C=O) groups excluding carboxylic acids is 1. The minimum atomic E-state index is -0.368. The number of ketones is 1. The topological polar surface area (TPSA) is 38.3 Å². The van der Waals surface area contributed by atoms with Gasteiger partial charge in [0.15, 0.2) is 5.78 Å². The third kappa shape index (κ3) is 2.75. The zero-order valence-electron chi connectivity index (χ0n) is 10.8. The van der Waals surface area contributed by atoms with Crippen molar-refractivity contribution < 1.29 is 9.53 Å². The fourth-order valence-electron chi connectivity index (χ4n) is 2.39. The Morgan fingerprint density at radius 1 is 1.56 bits per heavy atom. The molecule has 0 bridgehead atoms. The average molecular weight is 312 g/mol. The van der Waals surface area contributed by atoms with Crippen molar-refractivity contribution in [3.63, 3.8) is 0 Å². The number of rotatable bonds is 4. The number of hydrogen-bond acceptors (Lipinski definition) is 3. The second-order valence-corrected chi connectivity index (χ2v) is 5.83. The maximum absolute atomic E-state index is 12.4. The number of nitrogens with one attached hydrogen (secondary N) is 1. The quantitative estimate of drug-likeness (QED) is 0.929. The lowest BCUT2D eigenvalue weighted by Gasteiger charge is -2.23. The molecule has 1 saturated heterocycles. The summed E-state index contributed by atoms with van der Waals surface area (Å²) in [5, 5.41) is 3.30. The van der Waals surface area contributed by atoms with Crippen molar-refractivity contribution in [3.8, 4) is 5.75 Å². The first-order valence-electron chi connectivity index (χ1n) is 6.16. The van der Waals surface area contributed by atoms with Gasteiger partial charge in [-0.25, -0.2) is 0 Å². The van der Waals surface area contributed by atoms with Crippen LogP contribution in [0.15, 0.2) is 22.7 Å². The second kappa shape index (κ2) is 5.41. The molecule has 1 atom stereocenters. The molecule has 1 aliphatic heterocycles. The summed E-state index contributed by atoms with van der Waals surface area (Å²) >= 11 is 3.43. The summed E-state index contributed by atoms with van der Waals surface area (Å²) in [5.74, 6) is 1.00. The normalized spacial score (nSPS) is 23.1. The van der Waals surface area contributed by atoms with Gasteiger partial charge in [-0.05, 0) is 44.5 Å². The third-order valence-corrected chi connectivity index (χ3v) is 4.07. The highest BCUT2D eigenvalue weighted by molar-refractivity contribution is 9.10. The number of hydrogen-bond donors (Lipinski definition) is 1. The summed E-state index contributed by atoms with van der Waals surface area (Å²) in [5.41, 5.74) is 0.569. The van der Waals surface area contributed by atoms with E-state index in [0.29, 0.717) is 6.42 Å².